The van der Waals surface area contributed by atoms with Crippen LogP contribution in [0.4, 0.5) is 0 Å². The van der Waals surface area contributed by atoms with E-state index in [2.05, 4.69) is 157 Å². The van der Waals surface area contributed by atoms with Crippen molar-refractivity contribution in [1.82, 2.24) is 9.55 Å². The summed E-state index contributed by atoms with van der Waals surface area (Å²) in [7, 11) is 0. The molecule has 0 atom stereocenters. The number of nitrogens with zero attached hydrogens (tertiary/aromatic N) is 2. The lowest BCUT2D eigenvalue weighted by Crippen LogP contribution is -1.96. The molecular formula is C40H28N2. The molecule has 198 valence electrons. The highest BCUT2D eigenvalue weighted by Gasteiger charge is 2.18. The first kappa shape index (κ1) is 24.3. The van der Waals surface area contributed by atoms with Crippen LogP contribution in [0.25, 0.3) is 71.6 Å². The Morgan fingerprint density at radius 3 is 1.57 bits per heavy atom. The van der Waals surface area contributed by atoms with Gasteiger partial charge in [-0.05, 0) is 92.2 Å². The molecule has 0 spiro atoms. The van der Waals surface area contributed by atoms with Gasteiger partial charge in [-0.15, -0.1) is 0 Å². The number of para-hydroxylation sites is 1. The van der Waals surface area contributed by atoms with E-state index in [1.165, 1.54) is 49.4 Å². The number of benzene rings is 7. The van der Waals surface area contributed by atoms with Crippen molar-refractivity contribution >= 4 is 32.6 Å². The zero-order chi connectivity index (χ0) is 28.0. The fourth-order valence-corrected chi connectivity index (χ4v) is 6.47. The van der Waals surface area contributed by atoms with Gasteiger partial charge in [-0.2, -0.15) is 0 Å². The predicted molar refractivity (Wildman–Crippen MR) is 177 cm³/mol. The van der Waals surface area contributed by atoms with E-state index in [-0.39, 0.29) is 0 Å². The summed E-state index contributed by atoms with van der Waals surface area (Å²) in [6.07, 6.45) is 0. The Morgan fingerprint density at radius 2 is 0.929 bits per heavy atom. The van der Waals surface area contributed by atoms with Gasteiger partial charge in [0.2, 0.25) is 0 Å². The minimum absolute atomic E-state index is 0.984. The largest absolute Gasteiger partial charge is 0.297 e. The van der Waals surface area contributed by atoms with Crippen molar-refractivity contribution in [2.75, 3.05) is 0 Å². The van der Waals surface area contributed by atoms with Gasteiger partial charge in [0.25, 0.3) is 0 Å². The molecule has 1 heterocycles. The molecule has 0 aliphatic carbocycles. The topological polar surface area (TPSA) is 17.8 Å². The first-order chi connectivity index (χ1) is 20.8. The Kier molecular flexibility index (Phi) is 5.72. The molecule has 0 saturated heterocycles. The van der Waals surface area contributed by atoms with E-state index in [9.17, 15) is 0 Å². The molecule has 0 aliphatic heterocycles. The maximum Gasteiger partial charge on any atom is 0.111 e. The van der Waals surface area contributed by atoms with Crippen molar-refractivity contribution in [3.05, 3.63) is 157 Å². The summed E-state index contributed by atoms with van der Waals surface area (Å²) in [5, 5.41) is 5.04. The van der Waals surface area contributed by atoms with Crippen molar-refractivity contribution in [1.29, 1.82) is 0 Å². The summed E-state index contributed by atoms with van der Waals surface area (Å²) in [4.78, 5) is 4.96. The third kappa shape index (κ3) is 3.92. The highest BCUT2D eigenvalue weighted by Crippen LogP contribution is 2.44. The monoisotopic (exact) mass is 536 g/mol. The predicted octanol–water partition coefficient (Wildman–Crippen LogP) is 10.6. The highest BCUT2D eigenvalue weighted by atomic mass is 15.1. The van der Waals surface area contributed by atoms with Crippen LogP contribution in [0, 0.1) is 6.92 Å². The van der Waals surface area contributed by atoms with Crippen LogP contribution in [0.3, 0.4) is 0 Å². The average Bonchev–Trinajstić information content (AvgIpc) is 3.39. The van der Waals surface area contributed by atoms with Gasteiger partial charge < -0.3 is 0 Å². The highest BCUT2D eigenvalue weighted by molar-refractivity contribution is 6.22. The molecule has 0 aliphatic rings. The summed E-state index contributed by atoms with van der Waals surface area (Å²) >= 11 is 0. The molecule has 0 bridgehead atoms. The molecule has 2 nitrogen and oxygen atoms in total. The third-order valence-corrected chi connectivity index (χ3v) is 8.32. The van der Waals surface area contributed by atoms with Crippen LogP contribution in [0.15, 0.2) is 152 Å². The maximum atomic E-state index is 4.96. The fourth-order valence-electron chi connectivity index (χ4n) is 6.47. The zero-order valence-electron chi connectivity index (χ0n) is 23.3. The van der Waals surface area contributed by atoms with E-state index in [4.69, 9.17) is 4.98 Å². The molecule has 1 aromatic heterocycles. The average molecular weight is 537 g/mol. The molecular weight excluding hydrogens is 508 g/mol. The molecule has 0 radical (unpaired) electrons. The number of aryl methyl sites for hydroxylation is 1. The number of hydrogen-bond donors (Lipinski definition) is 0. The van der Waals surface area contributed by atoms with Gasteiger partial charge in [-0.3, -0.25) is 4.57 Å². The van der Waals surface area contributed by atoms with Crippen LogP contribution in [0.5, 0.6) is 0 Å². The van der Waals surface area contributed by atoms with E-state index >= 15 is 0 Å². The molecule has 2 heteroatoms. The van der Waals surface area contributed by atoms with Crippen LogP contribution < -0.4 is 0 Å². The molecule has 7 aromatic carbocycles. The quantitative estimate of drug-likeness (QED) is 0.205. The molecule has 8 rings (SSSR count). The van der Waals surface area contributed by atoms with Crippen LogP contribution in [0.2, 0.25) is 0 Å². The van der Waals surface area contributed by atoms with Crippen LogP contribution in [-0.4, -0.2) is 9.55 Å². The lowest BCUT2D eigenvalue weighted by Gasteiger charge is -2.18. The fraction of sp³-hybridized carbons (Fsp3) is 0.0250. The summed E-state index contributed by atoms with van der Waals surface area (Å²) in [6.45, 7) is 2.07. The smallest absolute Gasteiger partial charge is 0.111 e. The van der Waals surface area contributed by atoms with Crippen LogP contribution in [0.1, 0.15) is 5.82 Å². The van der Waals surface area contributed by atoms with Crippen LogP contribution in [-0.2, 0) is 0 Å². The molecule has 0 amide bonds. The Morgan fingerprint density at radius 1 is 0.429 bits per heavy atom. The van der Waals surface area contributed by atoms with Gasteiger partial charge in [0, 0.05) is 5.69 Å². The second-order valence-corrected chi connectivity index (χ2v) is 10.8. The van der Waals surface area contributed by atoms with E-state index in [0.717, 1.165) is 28.1 Å². The van der Waals surface area contributed by atoms with Crippen molar-refractivity contribution in [3.8, 4) is 39.1 Å². The van der Waals surface area contributed by atoms with Crippen molar-refractivity contribution in [2.24, 2.45) is 0 Å². The summed E-state index contributed by atoms with van der Waals surface area (Å²) < 4.78 is 2.23. The zero-order valence-corrected chi connectivity index (χ0v) is 23.3. The van der Waals surface area contributed by atoms with E-state index in [1.54, 1.807) is 0 Å². The maximum absolute atomic E-state index is 4.96. The first-order valence-corrected chi connectivity index (χ1v) is 14.4. The standard InChI is InChI=1S/C40H28N2/c1-27-41-37-26-31(22-24-38(37)42(27)32-17-9-4-10-18-32)30-21-23-35-36(25-30)40(29-15-7-3-8-16-29)34-20-12-11-19-33(34)39(35)28-13-5-2-6-14-28/h2-26H,1H3. The normalized spacial score (nSPS) is 11.5. The van der Waals surface area contributed by atoms with Gasteiger partial charge in [0.1, 0.15) is 5.82 Å². The van der Waals surface area contributed by atoms with Gasteiger partial charge in [-0.25, -0.2) is 4.98 Å². The minimum atomic E-state index is 0.984. The van der Waals surface area contributed by atoms with Gasteiger partial charge in [0.05, 0.1) is 11.0 Å². The van der Waals surface area contributed by atoms with E-state index in [1.807, 2.05) is 6.07 Å². The number of fused-ring (bicyclic) bond motifs is 3. The molecule has 0 N–H and O–H groups in total. The lowest BCUT2D eigenvalue weighted by molar-refractivity contribution is 1.00. The second kappa shape index (κ2) is 9.87. The molecule has 0 unspecified atom stereocenters. The lowest BCUT2D eigenvalue weighted by atomic mass is 9.85. The van der Waals surface area contributed by atoms with Gasteiger partial charge in [-0.1, -0.05) is 121 Å². The molecule has 8 aromatic rings. The number of rotatable bonds is 4. The van der Waals surface area contributed by atoms with Crippen molar-refractivity contribution < 1.29 is 0 Å². The first-order valence-electron chi connectivity index (χ1n) is 14.4. The SMILES string of the molecule is Cc1nc2cc(-c3ccc4c(-c5ccccc5)c5ccccc5c(-c5ccccc5)c4c3)ccc2n1-c1ccccc1. The number of imidazole rings is 1. The van der Waals surface area contributed by atoms with Gasteiger partial charge in [0.15, 0.2) is 0 Å². The number of hydrogen-bond acceptors (Lipinski definition) is 1. The van der Waals surface area contributed by atoms with Crippen LogP contribution >= 0.6 is 0 Å². The van der Waals surface area contributed by atoms with Crippen molar-refractivity contribution in [3.63, 3.8) is 0 Å². The Labute approximate surface area is 245 Å². The Hall–Kier alpha value is -5.47. The molecule has 0 saturated carbocycles. The third-order valence-electron chi connectivity index (χ3n) is 8.32. The molecule has 42 heavy (non-hydrogen) atoms. The Balaban J connectivity index is 1.40. The van der Waals surface area contributed by atoms with E-state index in [0.29, 0.717) is 0 Å². The van der Waals surface area contributed by atoms with E-state index < -0.39 is 0 Å². The minimum Gasteiger partial charge on any atom is -0.297 e. The second-order valence-electron chi connectivity index (χ2n) is 10.8. The van der Waals surface area contributed by atoms with Gasteiger partial charge >= 0.3 is 0 Å². The molecule has 0 fully saturated rings. The Bertz CT molecular complexity index is 2230. The summed E-state index contributed by atoms with van der Waals surface area (Å²) in [6, 6.07) is 54.4. The summed E-state index contributed by atoms with van der Waals surface area (Å²) in [5.41, 5.74) is 10.6. The number of aromatic nitrogens is 2. The summed E-state index contributed by atoms with van der Waals surface area (Å²) in [5.74, 6) is 0.984. The van der Waals surface area contributed by atoms with Crippen molar-refractivity contribution in [2.45, 2.75) is 6.92 Å².